The highest BCUT2D eigenvalue weighted by Crippen LogP contribution is 2.40. The summed E-state index contributed by atoms with van der Waals surface area (Å²) in [6.45, 7) is 4.95. The largest absolute Gasteiger partial charge is 0.507 e. The van der Waals surface area contributed by atoms with Crippen LogP contribution >= 0.6 is 0 Å². The lowest BCUT2D eigenvalue weighted by molar-refractivity contribution is -0.114. The Morgan fingerprint density at radius 1 is 1.12 bits per heavy atom. The molecule has 0 saturated carbocycles. The topological polar surface area (TPSA) is 110 Å². The van der Waals surface area contributed by atoms with Crippen molar-refractivity contribution in [3.63, 3.8) is 0 Å². The molecule has 2 aromatic carbocycles. The minimum Gasteiger partial charge on any atom is -0.507 e. The van der Waals surface area contributed by atoms with Gasteiger partial charge in [-0.2, -0.15) is 0 Å². The van der Waals surface area contributed by atoms with E-state index in [2.05, 4.69) is 25.8 Å². The highest BCUT2D eigenvalue weighted by Gasteiger charge is 2.18. The van der Waals surface area contributed by atoms with Crippen LogP contribution in [0.15, 0.2) is 48.5 Å². The number of para-hydroxylation sites is 1. The summed E-state index contributed by atoms with van der Waals surface area (Å²) in [6, 6.07) is 13.5. The average Bonchev–Trinajstić information content (AvgIpc) is 2.84. The van der Waals surface area contributed by atoms with Crippen molar-refractivity contribution in [2.45, 2.75) is 6.92 Å². The molecular weight excluding hydrogens is 437 g/mol. The molecule has 1 aliphatic heterocycles. The maximum atomic E-state index is 14.5. The molecule has 0 spiro atoms. The number of rotatable bonds is 7. The van der Waals surface area contributed by atoms with Crippen molar-refractivity contribution in [1.82, 2.24) is 10.3 Å². The molecule has 9 heteroatoms. The summed E-state index contributed by atoms with van der Waals surface area (Å²) in [5.74, 6) is 0.434. The van der Waals surface area contributed by atoms with E-state index in [9.17, 15) is 19.4 Å². The van der Waals surface area contributed by atoms with Gasteiger partial charge in [-0.05, 0) is 35.4 Å². The predicted octanol–water partition coefficient (Wildman–Crippen LogP) is 3.03. The van der Waals surface area contributed by atoms with Crippen LogP contribution in [-0.4, -0.2) is 60.4 Å². The number of amides is 1. The number of halogens is 1. The number of aromatic nitrogens is 1. The van der Waals surface area contributed by atoms with E-state index >= 15 is 0 Å². The van der Waals surface area contributed by atoms with E-state index in [1.54, 1.807) is 24.3 Å². The standard InChI is InChI=1S/C25H28FN5O3/c1-16(33)29-22-6-5-17(13-21(22)26)19-3-2-4-20(25(19)34)18-14-23(28-9-12-32)30-24(15-18)31-10-7-27-8-11-31/h2-6,13-15,27,32,34H,7-12H2,1H3,(H,28,30)(H,29,33). The quantitative estimate of drug-likeness (QED) is 0.365. The first-order valence-electron chi connectivity index (χ1n) is 11.2. The number of hydrogen-bond acceptors (Lipinski definition) is 7. The smallest absolute Gasteiger partial charge is 0.221 e. The van der Waals surface area contributed by atoms with Crippen LogP contribution in [0.4, 0.5) is 21.7 Å². The molecular formula is C25H28FN5O3. The first-order valence-corrected chi connectivity index (χ1v) is 11.2. The molecule has 178 valence electrons. The summed E-state index contributed by atoms with van der Waals surface area (Å²) in [5.41, 5.74) is 2.37. The predicted molar refractivity (Wildman–Crippen MR) is 132 cm³/mol. The van der Waals surface area contributed by atoms with Gasteiger partial charge < -0.3 is 31.1 Å². The van der Waals surface area contributed by atoms with Crippen molar-refractivity contribution in [3.8, 4) is 28.0 Å². The zero-order valence-corrected chi connectivity index (χ0v) is 18.9. The van der Waals surface area contributed by atoms with Crippen LogP contribution in [0.25, 0.3) is 22.3 Å². The number of phenolic OH excluding ortho intramolecular Hbond substituents is 1. The lowest BCUT2D eigenvalue weighted by atomic mass is 9.97. The Labute approximate surface area is 197 Å². The Kier molecular flexibility index (Phi) is 7.24. The van der Waals surface area contributed by atoms with E-state index in [0.717, 1.165) is 37.6 Å². The number of phenols is 1. The third-order valence-corrected chi connectivity index (χ3v) is 5.61. The molecule has 1 aromatic heterocycles. The van der Waals surface area contributed by atoms with Gasteiger partial charge in [0, 0.05) is 50.8 Å². The minimum absolute atomic E-state index is 0.0137. The van der Waals surface area contributed by atoms with E-state index < -0.39 is 5.82 Å². The zero-order valence-electron chi connectivity index (χ0n) is 18.9. The third kappa shape index (κ3) is 5.27. The lowest BCUT2D eigenvalue weighted by Gasteiger charge is -2.29. The van der Waals surface area contributed by atoms with Gasteiger partial charge in [-0.3, -0.25) is 4.79 Å². The molecule has 0 bridgehead atoms. The molecule has 2 heterocycles. The second-order valence-electron chi connectivity index (χ2n) is 8.06. The number of nitrogens with one attached hydrogen (secondary N) is 3. The number of aliphatic hydroxyl groups excluding tert-OH is 1. The van der Waals surface area contributed by atoms with Crippen molar-refractivity contribution in [3.05, 3.63) is 54.3 Å². The highest BCUT2D eigenvalue weighted by atomic mass is 19.1. The van der Waals surface area contributed by atoms with E-state index in [4.69, 9.17) is 0 Å². The van der Waals surface area contributed by atoms with E-state index in [1.165, 1.54) is 19.1 Å². The fourth-order valence-corrected chi connectivity index (χ4v) is 3.99. The van der Waals surface area contributed by atoms with Crippen molar-refractivity contribution >= 4 is 23.2 Å². The van der Waals surface area contributed by atoms with Crippen molar-refractivity contribution < 1.29 is 19.4 Å². The van der Waals surface area contributed by atoms with Gasteiger partial charge in [0.15, 0.2) is 0 Å². The molecule has 0 atom stereocenters. The van der Waals surface area contributed by atoms with Crippen LogP contribution in [0.3, 0.4) is 0 Å². The molecule has 4 rings (SSSR count). The summed E-state index contributed by atoms with van der Waals surface area (Å²) in [6.07, 6.45) is 0. The van der Waals surface area contributed by atoms with Crippen LogP contribution < -0.4 is 20.9 Å². The first kappa shape index (κ1) is 23.5. The van der Waals surface area contributed by atoms with Crippen LogP contribution in [-0.2, 0) is 4.79 Å². The van der Waals surface area contributed by atoms with Crippen molar-refractivity contribution in [2.24, 2.45) is 0 Å². The van der Waals surface area contributed by atoms with Gasteiger partial charge in [-0.1, -0.05) is 24.3 Å². The Morgan fingerprint density at radius 3 is 2.53 bits per heavy atom. The molecule has 1 amide bonds. The summed E-state index contributed by atoms with van der Waals surface area (Å²) in [5, 5.41) is 29.3. The van der Waals surface area contributed by atoms with Gasteiger partial charge in [0.25, 0.3) is 0 Å². The maximum absolute atomic E-state index is 14.5. The molecule has 3 aromatic rings. The monoisotopic (exact) mass is 465 g/mol. The summed E-state index contributed by atoms with van der Waals surface area (Å²) in [4.78, 5) is 18.1. The number of carbonyl (C=O) groups is 1. The van der Waals surface area contributed by atoms with Gasteiger partial charge in [-0.15, -0.1) is 0 Å². The molecule has 8 nitrogen and oxygen atoms in total. The summed E-state index contributed by atoms with van der Waals surface area (Å²) >= 11 is 0. The SMILES string of the molecule is CC(=O)Nc1ccc(-c2cccc(-c3cc(NCCO)nc(N4CCNCC4)c3)c2O)cc1F. The summed E-state index contributed by atoms with van der Waals surface area (Å²) in [7, 11) is 0. The van der Waals surface area contributed by atoms with Crippen molar-refractivity contribution in [1.29, 1.82) is 0 Å². The van der Waals surface area contributed by atoms with Gasteiger partial charge in [0.2, 0.25) is 5.91 Å². The first-order chi connectivity index (χ1) is 16.5. The average molecular weight is 466 g/mol. The van der Waals surface area contributed by atoms with Gasteiger partial charge in [0.05, 0.1) is 12.3 Å². The Balaban J connectivity index is 1.74. The van der Waals surface area contributed by atoms with Crippen LogP contribution in [0.5, 0.6) is 5.75 Å². The maximum Gasteiger partial charge on any atom is 0.221 e. The highest BCUT2D eigenvalue weighted by molar-refractivity contribution is 5.90. The zero-order chi connectivity index (χ0) is 24.1. The van der Waals surface area contributed by atoms with E-state index in [-0.39, 0.29) is 24.0 Å². The number of hydrogen-bond donors (Lipinski definition) is 5. The van der Waals surface area contributed by atoms with Crippen LogP contribution in [0, 0.1) is 5.82 Å². The number of benzene rings is 2. The normalized spacial score (nSPS) is 13.6. The van der Waals surface area contributed by atoms with Crippen molar-refractivity contribution in [2.75, 3.05) is 54.9 Å². The second kappa shape index (κ2) is 10.5. The van der Waals surface area contributed by atoms with E-state index in [0.29, 0.717) is 29.1 Å². The lowest BCUT2D eigenvalue weighted by Crippen LogP contribution is -2.43. The van der Waals surface area contributed by atoms with Crippen LogP contribution in [0.2, 0.25) is 0 Å². The molecule has 5 N–H and O–H groups in total. The fraction of sp³-hybridized carbons (Fsp3) is 0.280. The number of pyridine rings is 1. The number of piperazine rings is 1. The van der Waals surface area contributed by atoms with Gasteiger partial charge in [0.1, 0.15) is 23.2 Å². The number of aromatic hydroxyl groups is 1. The van der Waals surface area contributed by atoms with E-state index in [1.807, 2.05) is 12.1 Å². The summed E-state index contributed by atoms with van der Waals surface area (Å²) < 4.78 is 14.5. The fourth-order valence-electron chi connectivity index (χ4n) is 3.99. The molecule has 0 aliphatic carbocycles. The second-order valence-corrected chi connectivity index (χ2v) is 8.06. The number of nitrogens with zero attached hydrogens (tertiary/aromatic N) is 2. The molecule has 1 saturated heterocycles. The molecule has 34 heavy (non-hydrogen) atoms. The molecule has 1 fully saturated rings. The molecule has 0 unspecified atom stereocenters. The Hall–Kier alpha value is -3.69. The molecule has 0 radical (unpaired) electrons. The number of anilines is 3. The number of aliphatic hydroxyl groups is 1. The van der Waals surface area contributed by atoms with Crippen LogP contribution in [0.1, 0.15) is 6.92 Å². The Bertz CT molecular complexity index is 1180. The minimum atomic E-state index is -0.585. The number of carbonyl (C=O) groups excluding carboxylic acids is 1. The Morgan fingerprint density at radius 2 is 1.85 bits per heavy atom. The van der Waals surface area contributed by atoms with Gasteiger partial charge >= 0.3 is 0 Å². The molecule has 1 aliphatic rings. The van der Waals surface area contributed by atoms with Gasteiger partial charge in [-0.25, -0.2) is 9.37 Å². The third-order valence-electron chi connectivity index (χ3n) is 5.61.